The predicted octanol–water partition coefficient (Wildman–Crippen LogP) is 3.29. The molecule has 11 nitrogen and oxygen atoms in total. The Morgan fingerprint density at radius 3 is 2.74 bits per heavy atom. The molecule has 2 fully saturated rings. The molecule has 2 aliphatic rings. The van der Waals surface area contributed by atoms with Crippen LogP contribution in [-0.4, -0.2) is 88.3 Å². The van der Waals surface area contributed by atoms with Gasteiger partial charge in [-0.25, -0.2) is 4.68 Å². The number of aromatic hydroxyl groups is 1. The normalized spacial score (nSPS) is 19.9. The number of aliphatic hydroxyl groups excluding tert-OH is 1. The van der Waals surface area contributed by atoms with Crippen LogP contribution in [0.25, 0.3) is 22.3 Å². The molecule has 0 saturated carbocycles. The van der Waals surface area contributed by atoms with E-state index in [4.69, 9.17) is 29.0 Å². The smallest absolute Gasteiger partial charge is 0.319 e. The Morgan fingerprint density at radius 1 is 1.16 bits per heavy atom. The molecule has 0 spiro atoms. The second-order valence-corrected chi connectivity index (χ2v) is 10.1. The Balaban J connectivity index is 1.47. The lowest BCUT2D eigenvalue weighted by atomic mass is 10.1. The lowest BCUT2D eigenvalue weighted by molar-refractivity contribution is -0.0365. The predicted molar refractivity (Wildman–Crippen MR) is 141 cm³/mol. The number of ether oxygens (including phenoxy) is 4. The van der Waals surface area contributed by atoms with Gasteiger partial charge in [0.05, 0.1) is 24.3 Å². The lowest BCUT2D eigenvalue weighted by Crippen LogP contribution is -2.52. The van der Waals surface area contributed by atoms with Gasteiger partial charge in [-0.2, -0.15) is 15.1 Å². The molecule has 2 aliphatic heterocycles. The number of fused-ring (bicyclic) bond motifs is 1. The number of aromatic nitrogens is 4. The molecule has 3 atom stereocenters. The van der Waals surface area contributed by atoms with Gasteiger partial charge >= 0.3 is 6.01 Å². The quantitative estimate of drug-likeness (QED) is 0.359. The van der Waals surface area contributed by atoms with Crippen LogP contribution in [-0.2, 0) is 14.2 Å². The summed E-state index contributed by atoms with van der Waals surface area (Å²) >= 11 is 0. The molecule has 1 unspecified atom stereocenters. The number of methoxy groups -OCH3 is 1. The summed E-state index contributed by atoms with van der Waals surface area (Å²) in [7, 11) is 1.71. The number of nitrogens with zero attached hydrogens (tertiary/aromatic N) is 5. The van der Waals surface area contributed by atoms with Crippen molar-refractivity contribution in [1.82, 2.24) is 19.7 Å². The van der Waals surface area contributed by atoms with E-state index >= 15 is 0 Å². The second kappa shape index (κ2) is 11.8. The Labute approximate surface area is 222 Å². The van der Waals surface area contributed by atoms with Crippen molar-refractivity contribution >= 4 is 16.7 Å². The number of anilines is 1. The molecular formula is C27H37N5O6. The highest BCUT2D eigenvalue weighted by molar-refractivity contribution is 5.93. The highest BCUT2D eigenvalue weighted by Gasteiger charge is 2.30. The van der Waals surface area contributed by atoms with E-state index in [0.29, 0.717) is 37.6 Å². The molecule has 0 bridgehead atoms. The van der Waals surface area contributed by atoms with Crippen LogP contribution in [0, 0.1) is 0 Å². The molecule has 2 saturated heterocycles. The average molecular weight is 528 g/mol. The van der Waals surface area contributed by atoms with Gasteiger partial charge < -0.3 is 34.1 Å². The van der Waals surface area contributed by atoms with Crippen molar-refractivity contribution in [2.75, 3.05) is 44.9 Å². The Hall–Kier alpha value is -2.99. The molecule has 11 heteroatoms. The fourth-order valence-electron chi connectivity index (χ4n) is 4.69. The van der Waals surface area contributed by atoms with Crippen molar-refractivity contribution in [3.63, 3.8) is 0 Å². The van der Waals surface area contributed by atoms with Crippen molar-refractivity contribution in [2.24, 2.45) is 0 Å². The number of phenols is 1. The highest BCUT2D eigenvalue weighted by atomic mass is 16.5. The maximum atomic E-state index is 10.3. The average Bonchev–Trinajstić information content (AvgIpc) is 3.25. The number of hydrogen-bond donors (Lipinski definition) is 2. The summed E-state index contributed by atoms with van der Waals surface area (Å²) in [5.41, 5.74) is 2.09. The van der Waals surface area contributed by atoms with Gasteiger partial charge in [-0.15, -0.1) is 0 Å². The first kappa shape index (κ1) is 26.6. The number of benzene rings is 1. The fraction of sp³-hybridized carbons (Fsp3) is 0.593. The van der Waals surface area contributed by atoms with Crippen molar-refractivity contribution in [3.8, 4) is 23.1 Å². The monoisotopic (exact) mass is 527 g/mol. The minimum absolute atomic E-state index is 0.152. The summed E-state index contributed by atoms with van der Waals surface area (Å²) < 4.78 is 25.1. The van der Waals surface area contributed by atoms with Crippen molar-refractivity contribution < 1.29 is 29.2 Å². The third kappa shape index (κ3) is 6.01. The summed E-state index contributed by atoms with van der Waals surface area (Å²) in [4.78, 5) is 11.5. The summed E-state index contributed by atoms with van der Waals surface area (Å²) in [5.74, 6) is 0.875. The molecule has 4 heterocycles. The Morgan fingerprint density at radius 2 is 2.00 bits per heavy atom. The van der Waals surface area contributed by atoms with Gasteiger partial charge in [-0.1, -0.05) is 0 Å². The molecular weight excluding hydrogens is 490 g/mol. The molecule has 0 amide bonds. The van der Waals surface area contributed by atoms with Gasteiger partial charge in [-0.3, -0.25) is 0 Å². The Bertz CT molecular complexity index is 1220. The van der Waals surface area contributed by atoms with Gasteiger partial charge in [0, 0.05) is 44.9 Å². The second-order valence-electron chi connectivity index (χ2n) is 10.1. The van der Waals surface area contributed by atoms with Gasteiger partial charge in [-0.05, 0) is 57.7 Å². The summed E-state index contributed by atoms with van der Waals surface area (Å²) in [6, 6.07) is 7.37. The number of phenolic OH excluding ortho intramolecular Hbond substituents is 1. The topological polar surface area (TPSA) is 124 Å². The van der Waals surface area contributed by atoms with Gasteiger partial charge in [0.1, 0.15) is 29.1 Å². The molecule has 0 aliphatic carbocycles. The van der Waals surface area contributed by atoms with Crippen LogP contribution in [0.3, 0.4) is 0 Å². The molecule has 206 valence electrons. The molecule has 2 N–H and O–H groups in total. The third-order valence-corrected chi connectivity index (χ3v) is 6.90. The van der Waals surface area contributed by atoms with Gasteiger partial charge in [0.15, 0.2) is 6.23 Å². The van der Waals surface area contributed by atoms with Crippen LogP contribution < -0.4 is 9.64 Å². The minimum atomic E-state index is -0.408. The van der Waals surface area contributed by atoms with E-state index in [-0.39, 0.29) is 30.2 Å². The SMILES string of the molecule is COC1CN(c2cc(-c3nn(C4CCCCO4)c4ccc(O)cc34)nc(O[C@H](C)COCC[C@@H](C)O)n2)C1. The van der Waals surface area contributed by atoms with E-state index in [1.54, 1.807) is 26.2 Å². The first-order chi connectivity index (χ1) is 18.4. The van der Waals surface area contributed by atoms with Crippen LogP contribution in [0.15, 0.2) is 24.3 Å². The number of hydrogen-bond acceptors (Lipinski definition) is 10. The summed E-state index contributed by atoms with van der Waals surface area (Å²) in [6.45, 7) is 6.55. The summed E-state index contributed by atoms with van der Waals surface area (Å²) in [6.07, 6.45) is 2.82. The lowest BCUT2D eigenvalue weighted by Gasteiger charge is -2.39. The Kier molecular flexibility index (Phi) is 8.27. The minimum Gasteiger partial charge on any atom is -0.508 e. The zero-order valence-electron chi connectivity index (χ0n) is 22.2. The zero-order valence-corrected chi connectivity index (χ0v) is 22.2. The maximum Gasteiger partial charge on any atom is 0.319 e. The molecule has 0 radical (unpaired) electrons. The first-order valence-corrected chi connectivity index (χ1v) is 13.3. The molecule has 3 aromatic rings. The van der Waals surface area contributed by atoms with Crippen molar-refractivity contribution in [1.29, 1.82) is 0 Å². The van der Waals surface area contributed by atoms with E-state index in [9.17, 15) is 10.2 Å². The van der Waals surface area contributed by atoms with Crippen LogP contribution in [0.2, 0.25) is 0 Å². The molecule has 1 aromatic carbocycles. The van der Waals surface area contributed by atoms with Crippen LogP contribution in [0.5, 0.6) is 11.8 Å². The van der Waals surface area contributed by atoms with Crippen LogP contribution in [0.4, 0.5) is 5.82 Å². The zero-order chi connectivity index (χ0) is 26.6. The first-order valence-electron chi connectivity index (χ1n) is 13.3. The molecule has 38 heavy (non-hydrogen) atoms. The third-order valence-electron chi connectivity index (χ3n) is 6.90. The molecule has 5 rings (SSSR count). The van der Waals surface area contributed by atoms with Crippen LogP contribution >= 0.6 is 0 Å². The number of aliphatic hydroxyl groups is 1. The van der Waals surface area contributed by atoms with Crippen molar-refractivity contribution in [3.05, 3.63) is 24.3 Å². The van der Waals surface area contributed by atoms with Gasteiger partial charge in [0.2, 0.25) is 0 Å². The number of rotatable bonds is 11. The van der Waals surface area contributed by atoms with Gasteiger partial charge in [0.25, 0.3) is 0 Å². The van der Waals surface area contributed by atoms with E-state index in [1.807, 2.05) is 23.7 Å². The summed E-state index contributed by atoms with van der Waals surface area (Å²) in [5, 5.41) is 25.5. The van der Waals surface area contributed by atoms with Crippen LogP contribution in [0.1, 0.15) is 45.8 Å². The van der Waals surface area contributed by atoms with E-state index in [0.717, 1.165) is 49.1 Å². The largest absolute Gasteiger partial charge is 0.508 e. The van der Waals surface area contributed by atoms with E-state index in [2.05, 4.69) is 9.88 Å². The van der Waals surface area contributed by atoms with Crippen molar-refractivity contribution in [2.45, 2.75) is 64.1 Å². The highest BCUT2D eigenvalue weighted by Crippen LogP contribution is 2.36. The maximum absolute atomic E-state index is 10.3. The standard InChI is InChI=1S/C27H37N5O6/c1-17(33)9-11-36-16-18(2)38-27-28-22(13-24(29-27)31-14-20(15-31)35-3)26-21-12-19(34)7-8-23(21)32(30-26)25-6-4-5-10-37-25/h7-8,12-13,17-18,20,25,33-34H,4-6,9-11,14-16H2,1-3H3/t17-,18-,25?/m1/s1. The van der Waals surface area contributed by atoms with E-state index in [1.165, 1.54) is 0 Å². The van der Waals surface area contributed by atoms with E-state index < -0.39 is 6.10 Å². The molecule has 2 aromatic heterocycles. The fourth-order valence-corrected chi connectivity index (χ4v) is 4.69.